The van der Waals surface area contributed by atoms with E-state index >= 15 is 0 Å². The number of nitrogens with zero attached hydrogens (tertiary/aromatic N) is 3. The highest BCUT2D eigenvalue weighted by atomic mass is 79.9. The van der Waals surface area contributed by atoms with Gasteiger partial charge < -0.3 is 5.32 Å². The van der Waals surface area contributed by atoms with Gasteiger partial charge in [0.25, 0.3) is 11.6 Å². The molecule has 1 unspecified atom stereocenters. The second-order valence-electron chi connectivity index (χ2n) is 7.44. The summed E-state index contributed by atoms with van der Waals surface area (Å²) in [5.74, 6) is -1.08. The Morgan fingerprint density at radius 1 is 1.00 bits per heavy atom. The van der Waals surface area contributed by atoms with Gasteiger partial charge in [0.2, 0.25) is 11.0 Å². The maximum atomic E-state index is 13.2. The molecule has 35 heavy (non-hydrogen) atoms. The van der Waals surface area contributed by atoms with Gasteiger partial charge in [0, 0.05) is 34.2 Å². The second-order valence-corrected chi connectivity index (χ2v) is 9.33. The Morgan fingerprint density at radius 2 is 1.77 bits per heavy atom. The summed E-state index contributed by atoms with van der Waals surface area (Å²) in [6.45, 7) is 0. The normalized spacial score (nSPS) is 11.5. The van der Waals surface area contributed by atoms with E-state index in [-0.39, 0.29) is 22.8 Å². The molecule has 1 atom stereocenters. The van der Waals surface area contributed by atoms with Crippen molar-refractivity contribution in [3.63, 3.8) is 0 Å². The number of benzene rings is 3. The predicted molar refractivity (Wildman–Crippen MR) is 136 cm³/mol. The number of aromatic nitrogens is 2. The van der Waals surface area contributed by atoms with Crippen molar-refractivity contribution in [1.29, 1.82) is 0 Å². The van der Waals surface area contributed by atoms with Crippen LogP contribution in [0.15, 0.2) is 83.3 Å². The highest BCUT2D eigenvalue weighted by molar-refractivity contribution is 9.10. The van der Waals surface area contributed by atoms with Gasteiger partial charge in [-0.05, 0) is 23.8 Å². The molecule has 0 aliphatic rings. The van der Waals surface area contributed by atoms with Crippen molar-refractivity contribution in [2.24, 2.45) is 0 Å². The lowest BCUT2D eigenvalue weighted by atomic mass is 10.0. The Hall–Kier alpha value is -3.96. The number of hydrogen-bond donors (Lipinski definition) is 2. The summed E-state index contributed by atoms with van der Waals surface area (Å²) in [5.41, 5.74) is 1.55. The molecule has 0 aliphatic heterocycles. The van der Waals surface area contributed by atoms with E-state index in [4.69, 9.17) is 0 Å². The smallest absolute Gasteiger partial charge is 0.270 e. The number of amides is 2. The Bertz CT molecular complexity index is 1380. The van der Waals surface area contributed by atoms with Gasteiger partial charge in [0.1, 0.15) is 11.0 Å². The number of nitro groups is 1. The van der Waals surface area contributed by atoms with Crippen LogP contribution in [0, 0.1) is 10.1 Å². The molecule has 0 spiro atoms. The van der Waals surface area contributed by atoms with Crippen molar-refractivity contribution in [1.82, 2.24) is 15.5 Å². The summed E-state index contributed by atoms with van der Waals surface area (Å²) < 4.78 is 0.891. The number of halogens is 1. The summed E-state index contributed by atoms with van der Waals surface area (Å²) in [7, 11) is 0. The molecule has 0 aliphatic carbocycles. The van der Waals surface area contributed by atoms with Gasteiger partial charge in [0.05, 0.1) is 4.92 Å². The molecule has 4 rings (SSSR count). The van der Waals surface area contributed by atoms with E-state index in [1.165, 1.54) is 35.6 Å². The van der Waals surface area contributed by atoms with Gasteiger partial charge in [-0.2, -0.15) is 0 Å². The Balaban J connectivity index is 1.53. The highest BCUT2D eigenvalue weighted by Gasteiger charge is 2.24. The van der Waals surface area contributed by atoms with E-state index in [1.54, 1.807) is 0 Å². The lowest BCUT2D eigenvalue weighted by Gasteiger charge is -2.18. The molecule has 0 radical (unpaired) electrons. The van der Waals surface area contributed by atoms with Crippen LogP contribution in [-0.4, -0.2) is 33.0 Å². The first-order chi connectivity index (χ1) is 16.9. The van der Waals surface area contributed by atoms with E-state index in [0.29, 0.717) is 5.01 Å². The van der Waals surface area contributed by atoms with Gasteiger partial charge >= 0.3 is 0 Å². The van der Waals surface area contributed by atoms with Gasteiger partial charge in [0.15, 0.2) is 0 Å². The number of carbonyl (C=O) groups excluding carboxylic acids is 2. The molecule has 9 nitrogen and oxygen atoms in total. The number of anilines is 1. The van der Waals surface area contributed by atoms with Crippen molar-refractivity contribution < 1.29 is 14.5 Å². The van der Waals surface area contributed by atoms with Gasteiger partial charge in [-0.25, -0.2) is 0 Å². The van der Waals surface area contributed by atoms with Crippen molar-refractivity contribution >= 4 is 49.9 Å². The minimum atomic E-state index is -0.956. The third kappa shape index (κ3) is 6.34. The third-order valence-electron chi connectivity index (χ3n) is 4.95. The van der Waals surface area contributed by atoms with Gasteiger partial charge in [-0.15, -0.1) is 10.2 Å². The SMILES string of the molecule is O=C(NC(Cc1ccccc1)C(=O)Nc1nnc(-c2cccc(Br)c2)s1)c1cccc([N+](=O)[O-])c1. The van der Waals surface area contributed by atoms with E-state index in [2.05, 4.69) is 36.8 Å². The molecule has 0 saturated heterocycles. The highest BCUT2D eigenvalue weighted by Crippen LogP contribution is 2.28. The van der Waals surface area contributed by atoms with Crippen molar-refractivity contribution in [2.75, 3.05) is 5.32 Å². The standard InChI is InChI=1S/C24H18BrN5O4S/c25-18-10-4-9-17(13-18)23-28-29-24(35-23)27-22(32)20(12-15-6-2-1-3-7-15)26-21(31)16-8-5-11-19(14-16)30(33)34/h1-11,13-14,20H,12H2,(H,26,31)(H,27,29,32). The summed E-state index contributed by atoms with van der Waals surface area (Å²) in [6.07, 6.45) is 0.213. The van der Waals surface area contributed by atoms with Crippen molar-refractivity contribution in [3.05, 3.63) is 105 Å². The van der Waals surface area contributed by atoms with Crippen LogP contribution in [0.4, 0.5) is 10.8 Å². The fourth-order valence-corrected chi connectivity index (χ4v) is 4.41. The minimum Gasteiger partial charge on any atom is -0.340 e. The Morgan fingerprint density at radius 3 is 2.51 bits per heavy atom. The number of nitro benzene ring substituents is 1. The van der Waals surface area contributed by atoms with Gasteiger partial charge in [-0.3, -0.25) is 25.0 Å². The van der Waals surface area contributed by atoms with E-state index in [1.807, 2.05) is 54.6 Å². The number of hydrogen-bond acceptors (Lipinski definition) is 7. The molecule has 0 bridgehead atoms. The first-order valence-corrected chi connectivity index (χ1v) is 12.0. The molecule has 1 heterocycles. The van der Waals surface area contributed by atoms with Crippen LogP contribution in [0.3, 0.4) is 0 Å². The maximum absolute atomic E-state index is 13.2. The third-order valence-corrected chi connectivity index (χ3v) is 6.33. The maximum Gasteiger partial charge on any atom is 0.270 e. The second kappa shape index (κ2) is 11.0. The fourth-order valence-electron chi connectivity index (χ4n) is 3.27. The van der Waals surface area contributed by atoms with E-state index in [9.17, 15) is 19.7 Å². The Kier molecular flexibility index (Phi) is 7.58. The number of nitrogens with one attached hydrogen (secondary N) is 2. The van der Waals surface area contributed by atoms with Crippen LogP contribution < -0.4 is 10.6 Å². The zero-order valence-electron chi connectivity index (χ0n) is 18.1. The summed E-state index contributed by atoms with van der Waals surface area (Å²) in [5, 5.41) is 25.6. The number of carbonyl (C=O) groups is 2. The molecule has 176 valence electrons. The first-order valence-electron chi connectivity index (χ1n) is 10.4. The minimum absolute atomic E-state index is 0.0814. The van der Waals surface area contributed by atoms with Crippen LogP contribution in [0.1, 0.15) is 15.9 Å². The molecule has 3 aromatic carbocycles. The summed E-state index contributed by atoms with van der Waals surface area (Å²) in [4.78, 5) is 36.5. The quantitative estimate of drug-likeness (QED) is 0.238. The molecule has 1 aromatic heterocycles. The fraction of sp³-hybridized carbons (Fsp3) is 0.0833. The summed E-state index contributed by atoms with van der Waals surface area (Å²) >= 11 is 4.63. The number of rotatable bonds is 8. The zero-order valence-corrected chi connectivity index (χ0v) is 20.5. The molecule has 2 N–H and O–H groups in total. The molecule has 11 heteroatoms. The first kappa shape index (κ1) is 24.2. The molecular formula is C24H18BrN5O4S. The monoisotopic (exact) mass is 551 g/mol. The molecule has 0 saturated carbocycles. The van der Waals surface area contributed by atoms with Crippen LogP contribution in [-0.2, 0) is 11.2 Å². The van der Waals surface area contributed by atoms with Crippen molar-refractivity contribution in [2.45, 2.75) is 12.5 Å². The molecule has 4 aromatic rings. The largest absolute Gasteiger partial charge is 0.340 e. The number of non-ortho nitro benzene ring substituents is 1. The lowest BCUT2D eigenvalue weighted by molar-refractivity contribution is -0.384. The average Bonchev–Trinajstić information content (AvgIpc) is 3.33. The van der Waals surface area contributed by atoms with Gasteiger partial charge in [-0.1, -0.05) is 75.8 Å². The average molecular weight is 552 g/mol. The van der Waals surface area contributed by atoms with E-state index in [0.717, 1.165) is 15.6 Å². The Labute approximate surface area is 212 Å². The van der Waals surface area contributed by atoms with Crippen LogP contribution in [0.25, 0.3) is 10.6 Å². The van der Waals surface area contributed by atoms with Crippen LogP contribution >= 0.6 is 27.3 Å². The van der Waals surface area contributed by atoms with Crippen molar-refractivity contribution in [3.8, 4) is 10.6 Å². The van der Waals surface area contributed by atoms with E-state index < -0.39 is 22.8 Å². The zero-order chi connectivity index (χ0) is 24.8. The lowest BCUT2D eigenvalue weighted by Crippen LogP contribution is -2.45. The predicted octanol–water partition coefficient (Wildman–Crippen LogP) is 4.86. The topological polar surface area (TPSA) is 127 Å². The summed E-state index contributed by atoms with van der Waals surface area (Å²) in [6, 6.07) is 21.1. The molecule has 0 fully saturated rings. The molecular weight excluding hydrogens is 534 g/mol. The van der Waals surface area contributed by atoms with Crippen LogP contribution in [0.2, 0.25) is 0 Å². The van der Waals surface area contributed by atoms with Crippen LogP contribution in [0.5, 0.6) is 0 Å². The molecule has 2 amide bonds.